The number of aromatic nitrogens is 3. The van der Waals surface area contributed by atoms with Crippen molar-refractivity contribution in [3.05, 3.63) is 35.3 Å². The first kappa shape index (κ1) is 15.3. The lowest BCUT2D eigenvalue weighted by molar-refractivity contribution is -0.137. The maximum Gasteiger partial charge on any atom is 0.416 e. The van der Waals surface area contributed by atoms with E-state index in [4.69, 9.17) is 5.73 Å². The fourth-order valence-electron chi connectivity index (χ4n) is 2.02. The van der Waals surface area contributed by atoms with Crippen LogP contribution in [0, 0.1) is 5.82 Å². The van der Waals surface area contributed by atoms with Crippen LogP contribution in [0.15, 0.2) is 18.2 Å². The van der Waals surface area contributed by atoms with Crippen LogP contribution in [0.2, 0.25) is 0 Å². The first-order chi connectivity index (χ1) is 9.51. The van der Waals surface area contributed by atoms with E-state index in [-0.39, 0.29) is 11.5 Å². The Hall–Kier alpha value is -2.12. The second kappa shape index (κ2) is 4.71. The van der Waals surface area contributed by atoms with Crippen LogP contribution in [0.4, 0.5) is 23.4 Å². The monoisotopic (exact) mass is 302 g/mol. The van der Waals surface area contributed by atoms with Gasteiger partial charge in [0, 0.05) is 5.41 Å². The minimum atomic E-state index is -4.57. The molecule has 0 spiro atoms. The number of nitrogens with two attached hydrogens (primary N) is 1. The summed E-state index contributed by atoms with van der Waals surface area (Å²) in [5.74, 6) is -0.780. The van der Waals surface area contributed by atoms with Crippen LogP contribution in [0.25, 0.3) is 5.69 Å². The van der Waals surface area contributed by atoms with Crippen LogP contribution in [-0.4, -0.2) is 15.0 Å². The standard InChI is InChI=1S/C13H14F4N4/c1-12(2,3)10-11(18)19-20-21(10)9-6-7(13(15,16)17)4-5-8(9)14/h4-6H,18H2,1-3H3. The van der Waals surface area contributed by atoms with Crippen molar-refractivity contribution in [2.75, 3.05) is 5.73 Å². The smallest absolute Gasteiger partial charge is 0.381 e. The topological polar surface area (TPSA) is 56.7 Å². The van der Waals surface area contributed by atoms with Crippen molar-refractivity contribution in [2.45, 2.75) is 32.4 Å². The maximum atomic E-state index is 13.9. The van der Waals surface area contributed by atoms with Gasteiger partial charge in [0.2, 0.25) is 0 Å². The number of alkyl halides is 3. The molecule has 0 radical (unpaired) electrons. The summed E-state index contributed by atoms with van der Waals surface area (Å²) in [6.07, 6.45) is -4.57. The zero-order valence-electron chi connectivity index (χ0n) is 11.7. The van der Waals surface area contributed by atoms with Gasteiger partial charge in [-0.05, 0) is 18.2 Å². The van der Waals surface area contributed by atoms with Crippen LogP contribution in [-0.2, 0) is 11.6 Å². The maximum absolute atomic E-state index is 13.9. The molecule has 2 aromatic rings. The molecule has 0 aliphatic heterocycles. The van der Waals surface area contributed by atoms with E-state index >= 15 is 0 Å². The van der Waals surface area contributed by atoms with Gasteiger partial charge in [0.1, 0.15) is 11.5 Å². The lowest BCUT2D eigenvalue weighted by Crippen LogP contribution is -2.20. The lowest BCUT2D eigenvalue weighted by Gasteiger charge is -2.20. The fourth-order valence-corrected chi connectivity index (χ4v) is 2.02. The van der Waals surface area contributed by atoms with Gasteiger partial charge in [-0.1, -0.05) is 26.0 Å². The summed E-state index contributed by atoms with van der Waals surface area (Å²) in [5, 5.41) is 7.31. The van der Waals surface area contributed by atoms with Gasteiger partial charge in [0.05, 0.1) is 11.3 Å². The molecule has 1 aromatic heterocycles. The molecule has 0 atom stereocenters. The number of halogens is 4. The zero-order valence-corrected chi connectivity index (χ0v) is 11.7. The molecule has 0 saturated heterocycles. The molecule has 8 heteroatoms. The molecular weight excluding hydrogens is 288 g/mol. The van der Waals surface area contributed by atoms with Crippen molar-refractivity contribution in [3.8, 4) is 5.69 Å². The van der Waals surface area contributed by atoms with Gasteiger partial charge < -0.3 is 5.73 Å². The predicted octanol–water partition coefficient (Wildman–Crippen LogP) is 3.30. The molecule has 21 heavy (non-hydrogen) atoms. The van der Waals surface area contributed by atoms with Crippen LogP contribution in [0.1, 0.15) is 32.0 Å². The highest BCUT2D eigenvalue weighted by Crippen LogP contribution is 2.33. The van der Waals surface area contributed by atoms with E-state index in [9.17, 15) is 17.6 Å². The number of rotatable bonds is 1. The summed E-state index contributed by atoms with van der Waals surface area (Å²) in [5.41, 5.74) is 4.19. The second-order valence-corrected chi connectivity index (χ2v) is 5.65. The molecule has 0 amide bonds. The largest absolute Gasteiger partial charge is 0.416 e. The van der Waals surface area contributed by atoms with Gasteiger partial charge in [0.25, 0.3) is 0 Å². The normalized spacial score (nSPS) is 12.7. The summed E-state index contributed by atoms with van der Waals surface area (Å²) in [4.78, 5) is 0. The molecule has 2 rings (SSSR count). The average Bonchev–Trinajstić information content (AvgIpc) is 2.69. The van der Waals surface area contributed by atoms with Crippen LogP contribution < -0.4 is 5.73 Å². The van der Waals surface area contributed by atoms with E-state index in [2.05, 4.69) is 10.3 Å². The van der Waals surface area contributed by atoms with Crippen molar-refractivity contribution >= 4 is 5.82 Å². The van der Waals surface area contributed by atoms with Crippen LogP contribution in [0.5, 0.6) is 0 Å². The summed E-state index contributed by atoms with van der Waals surface area (Å²) in [6.45, 7) is 5.35. The van der Waals surface area contributed by atoms with E-state index in [0.29, 0.717) is 17.8 Å². The molecule has 0 aliphatic rings. The molecule has 1 aromatic carbocycles. The van der Waals surface area contributed by atoms with Gasteiger partial charge in [-0.3, -0.25) is 0 Å². The van der Waals surface area contributed by atoms with Gasteiger partial charge in [-0.25, -0.2) is 9.07 Å². The molecule has 1 heterocycles. The molecule has 0 saturated carbocycles. The number of nitrogens with zero attached hydrogens (tertiary/aromatic N) is 3. The van der Waals surface area contributed by atoms with Crippen LogP contribution >= 0.6 is 0 Å². The summed E-state index contributed by atoms with van der Waals surface area (Å²) < 4.78 is 53.2. The van der Waals surface area contributed by atoms with Crippen LogP contribution in [0.3, 0.4) is 0 Å². The number of hydrogen-bond acceptors (Lipinski definition) is 3. The SMILES string of the molecule is CC(C)(C)c1c(N)nnn1-c1cc(C(F)(F)F)ccc1F. The zero-order chi connectivity index (χ0) is 16.0. The molecule has 0 bridgehead atoms. The molecule has 4 nitrogen and oxygen atoms in total. The van der Waals surface area contributed by atoms with Crippen molar-refractivity contribution in [1.82, 2.24) is 15.0 Å². The number of anilines is 1. The van der Waals surface area contributed by atoms with E-state index in [1.807, 2.05) is 0 Å². The fraction of sp³-hybridized carbons (Fsp3) is 0.385. The molecule has 0 aliphatic carbocycles. The van der Waals surface area contributed by atoms with Crippen molar-refractivity contribution in [3.63, 3.8) is 0 Å². The Morgan fingerprint density at radius 2 is 1.76 bits per heavy atom. The van der Waals surface area contributed by atoms with Crippen molar-refractivity contribution in [2.24, 2.45) is 0 Å². The highest BCUT2D eigenvalue weighted by molar-refractivity contribution is 5.46. The number of hydrogen-bond donors (Lipinski definition) is 1. The third kappa shape index (κ3) is 2.84. The first-order valence-electron chi connectivity index (χ1n) is 6.10. The summed E-state index contributed by atoms with van der Waals surface area (Å²) >= 11 is 0. The molecular formula is C13H14F4N4. The third-order valence-electron chi connectivity index (χ3n) is 2.91. The predicted molar refractivity (Wildman–Crippen MR) is 69.4 cm³/mol. The molecule has 0 unspecified atom stereocenters. The number of benzene rings is 1. The number of nitrogen functional groups attached to an aromatic ring is 1. The first-order valence-corrected chi connectivity index (χ1v) is 6.10. The second-order valence-electron chi connectivity index (χ2n) is 5.65. The minimum absolute atomic E-state index is 0.0549. The Morgan fingerprint density at radius 1 is 1.14 bits per heavy atom. The molecule has 114 valence electrons. The van der Waals surface area contributed by atoms with Crippen molar-refractivity contribution < 1.29 is 17.6 Å². The summed E-state index contributed by atoms with van der Waals surface area (Å²) in [7, 11) is 0. The quantitative estimate of drug-likeness (QED) is 0.822. The third-order valence-corrected chi connectivity index (χ3v) is 2.91. The van der Waals surface area contributed by atoms with E-state index in [1.165, 1.54) is 0 Å². The van der Waals surface area contributed by atoms with Gasteiger partial charge in [-0.15, -0.1) is 5.10 Å². The van der Waals surface area contributed by atoms with Gasteiger partial charge in [-0.2, -0.15) is 13.2 Å². The lowest BCUT2D eigenvalue weighted by atomic mass is 9.91. The van der Waals surface area contributed by atoms with E-state index < -0.39 is 23.0 Å². The Kier molecular flexibility index (Phi) is 3.43. The van der Waals surface area contributed by atoms with Crippen molar-refractivity contribution in [1.29, 1.82) is 0 Å². The summed E-state index contributed by atoms with van der Waals surface area (Å²) in [6, 6.07) is 2.12. The minimum Gasteiger partial charge on any atom is -0.381 e. The Balaban J connectivity index is 2.68. The Labute approximate surface area is 118 Å². The molecule has 0 fully saturated rings. The van der Waals surface area contributed by atoms with E-state index in [0.717, 1.165) is 10.7 Å². The van der Waals surface area contributed by atoms with Gasteiger partial charge >= 0.3 is 6.18 Å². The highest BCUT2D eigenvalue weighted by Gasteiger charge is 2.32. The molecule has 2 N–H and O–H groups in total. The Morgan fingerprint density at radius 3 is 2.29 bits per heavy atom. The van der Waals surface area contributed by atoms with E-state index in [1.54, 1.807) is 20.8 Å². The highest BCUT2D eigenvalue weighted by atomic mass is 19.4. The van der Waals surface area contributed by atoms with Gasteiger partial charge in [0.15, 0.2) is 5.82 Å². The average molecular weight is 302 g/mol. The Bertz CT molecular complexity index is 668.